The minimum atomic E-state index is -0.528. The molecule has 2 N–H and O–H groups in total. The number of rotatable bonds is 9. The molecule has 0 aliphatic rings. The van der Waals surface area contributed by atoms with Crippen molar-refractivity contribution in [2.24, 2.45) is 16.1 Å². The van der Waals surface area contributed by atoms with Crippen LogP contribution in [0.4, 0.5) is 5.69 Å². The number of halogens is 1. The standard InChI is InChI=1S/C24H27ClN4O4/c1-15(2)11-13-29-20-9-8-16(33-3)14-18(20)22(24(29)32)28-27-21(30)10-12-26-23(31)17-6-4-5-7-19(17)25/h4-9,14-15,32H,10-13H2,1-3H3,(H,26,31). The number of azo groups is 1. The van der Waals surface area contributed by atoms with Gasteiger partial charge in [-0.15, -0.1) is 10.2 Å². The number of amides is 2. The van der Waals surface area contributed by atoms with E-state index in [9.17, 15) is 14.7 Å². The molecule has 0 saturated carbocycles. The molecule has 9 heteroatoms. The van der Waals surface area contributed by atoms with Crippen LogP contribution in [0.5, 0.6) is 11.6 Å². The molecule has 3 rings (SSSR count). The third-order valence-corrected chi connectivity index (χ3v) is 5.48. The molecule has 33 heavy (non-hydrogen) atoms. The number of hydrogen-bond donors (Lipinski definition) is 2. The van der Waals surface area contributed by atoms with Gasteiger partial charge in [-0.05, 0) is 42.7 Å². The molecule has 2 amide bonds. The molecule has 0 aliphatic carbocycles. The zero-order valence-electron chi connectivity index (χ0n) is 18.8. The van der Waals surface area contributed by atoms with Crippen molar-refractivity contribution in [1.29, 1.82) is 0 Å². The maximum Gasteiger partial charge on any atom is 0.266 e. The summed E-state index contributed by atoms with van der Waals surface area (Å²) in [6.07, 6.45) is 0.819. The van der Waals surface area contributed by atoms with Crippen molar-refractivity contribution in [1.82, 2.24) is 9.88 Å². The molecular weight excluding hydrogens is 444 g/mol. The Labute approximate surface area is 197 Å². The fraction of sp³-hybridized carbons (Fsp3) is 0.333. The van der Waals surface area contributed by atoms with E-state index in [1.807, 2.05) is 6.07 Å². The Hall–Kier alpha value is -3.39. The van der Waals surface area contributed by atoms with Gasteiger partial charge in [-0.3, -0.25) is 9.59 Å². The number of nitrogens with one attached hydrogen (secondary N) is 1. The van der Waals surface area contributed by atoms with Crippen molar-refractivity contribution in [2.45, 2.75) is 33.2 Å². The van der Waals surface area contributed by atoms with Crippen molar-refractivity contribution >= 4 is 40.0 Å². The summed E-state index contributed by atoms with van der Waals surface area (Å²) in [5.74, 6) is 0.104. The first kappa shape index (κ1) is 24.3. The van der Waals surface area contributed by atoms with Gasteiger partial charge in [-0.25, -0.2) is 0 Å². The van der Waals surface area contributed by atoms with E-state index in [0.29, 0.717) is 34.2 Å². The van der Waals surface area contributed by atoms with Crippen LogP contribution in [0.3, 0.4) is 0 Å². The Bertz CT molecular complexity index is 1190. The summed E-state index contributed by atoms with van der Waals surface area (Å²) in [4.78, 5) is 24.4. The summed E-state index contributed by atoms with van der Waals surface area (Å²) in [6.45, 7) is 4.90. The third-order valence-electron chi connectivity index (χ3n) is 5.15. The fourth-order valence-corrected chi connectivity index (χ4v) is 3.54. The minimum absolute atomic E-state index is 0.0459. The van der Waals surface area contributed by atoms with Crippen molar-refractivity contribution in [3.05, 3.63) is 53.1 Å². The van der Waals surface area contributed by atoms with E-state index in [4.69, 9.17) is 16.3 Å². The zero-order chi connectivity index (χ0) is 24.0. The molecule has 8 nitrogen and oxygen atoms in total. The van der Waals surface area contributed by atoms with Gasteiger partial charge < -0.3 is 19.7 Å². The average Bonchev–Trinajstić information content (AvgIpc) is 3.06. The lowest BCUT2D eigenvalue weighted by Crippen LogP contribution is -2.25. The van der Waals surface area contributed by atoms with E-state index in [-0.39, 0.29) is 30.4 Å². The SMILES string of the molecule is COc1ccc2c(c1)c(N=NC(=O)CCNC(=O)c1ccccc1Cl)c(O)n2CCC(C)C. The van der Waals surface area contributed by atoms with Crippen LogP contribution in [0.2, 0.25) is 5.02 Å². The van der Waals surface area contributed by atoms with Crippen molar-refractivity contribution < 1.29 is 19.4 Å². The molecule has 0 fully saturated rings. The predicted octanol–water partition coefficient (Wildman–Crippen LogP) is 5.49. The summed E-state index contributed by atoms with van der Waals surface area (Å²) in [7, 11) is 1.55. The van der Waals surface area contributed by atoms with E-state index in [1.165, 1.54) is 0 Å². The van der Waals surface area contributed by atoms with Gasteiger partial charge in [-0.2, -0.15) is 0 Å². The maximum absolute atomic E-state index is 12.2. The topological polar surface area (TPSA) is 105 Å². The molecule has 0 aliphatic heterocycles. The molecule has 0 saturated heterocycles. The number of nitrogens with zero attached hydrogens (tertiary/aromatic N) is 3. The largest absolute Gasteiger partial charge is 0.497 e. The summed E-state index contributed by atoms with van der Waals surface area (Å²) in [5, 5.41) is 22.2. The lowest BCUT2D eigenvalue weighted by atomic mass is 10.1. The molecule has 0 atom stereocenters. The number of carbonyl (C=O) groups is 2. The monoisotopic (exact) mass is 470 g/mol. The first-order valence-electron chi connectivity index (χ1n) is 10.7. The Morgan fingerprint density at radius 1 is 1.21 bits per heavy atom. The lowest BCUT2D eigenvalue weighted by molar-refractivity contribution is -0.118. The molecule has 0 spiro atoms. The quantitative estimate of drug-likeness (QED) is 0.403. The molecule has 1 heterocycles. The number of aryl methyl sites for hydroxylation is 1. The van der Waals surface area contributed by atoms with E-state index in [2.05, 4.69) is 29.4 Å². The number of aromatic hydroxyl groups is 1. The van der Waals surface area contributed by atoms with Gasteiger partial charge in [0.05, 0.1) is 23.2 Å². The molecule has 0 radical (unpaired) electrons. The van der Waals surface area contributed by atoms with Gasteiger partial charge in [0.15, 0.2) is 5.69 Å². The van der Waals surface area contributed by atoms with E-state index in [1.54, 1.807) is 48.1 Å². The van der Waals surface area contributed by atoms with Gasteiger partial charge in [0.2, 0.25) is 5.88 Å². The highest BCUT2D eigenvalue weighted by Crippen LogP contribution is 2.40. The maximum atomic E-state index is 12.2. The summed E-state index contributed by atoms with van der Waals surface area (Å²) < 4.78 is 7.05. The number of carbonyl (C=O) groups excluding carboxylic acids is 2. The van der Waals surface area contributed by atoms with Crippen molar-refractivity contribution in [3.63, 3.8) is 0 Å². The number of hydrogen-bond acceptors (Lipinski definition) is 5. The highest BCUT2D eigenvalue weighted by molar-refractivity contribution is 6.33. The van der Waals surface area contributed by atoms with Gasteiger partial charge in [0.1, 0.15) is 5.75 Å². The van der Waals surface area contributed by atoms with Gasteiger partial charge in [-0.1, -0.05) is 37.6 Å². The molecule has 174 valence electrons. The minimum Gasteiger partial charge on any atom is -0.497 e. The number of fused-ring (bicyclic) bond motifs is 1. The van der Waals surface area contributed by atoms with Crippen LogP contribution in [0.15, 0.2) is 52.7 Å². The highest BCUT2D eigenvalue weighted by atomic mass is 35.5. The highest BCUT2D eigenvalue weighted by Gasteiger charge is 2.18. The second-order valence-corrected chi connectivity index (χ2v) is 8.38. The Kier molecular flexibility index (Phi) is 8.06. The van der Waals surface area contributed by atoms with E-state index < -0.39 is 5.91 Å². The van der Waals surface area contributed by atoms with Crippen LogP contribution in [0.1, 0.15) is 37.0 Å². The van der Waals surface area contributed by atoms with E-state index >= 15 is 0 Å². The smallest absolute Gasteiger partial charge is 0.266 e. The molecule has 0 bridgehead atoms. The van der Waals surface area contributed by atoms with Crippen LogP contribution >= 0.6 is 11.6 Å². The van der Waals surface area contributed by atoms with Gasteiger partial charge in [0, 0.05) is 24.9 Å². The molecule has 2 aromatic carbocycles. The molecule has 3 aromatic rings. The van der Waals surface area contributed by atoms with Crippen LogP contribution in [0.25, 0.3) is 10.9 Å². The van der Waals surface area contributed by atoms with Crippen LogP contribution in [-0.4, -0.2) is 35.1 Å². The van der Waals surface area contributed by atoms with Crippen molar-refractivity contribution in [2.75, 3.05) is 13.7 Å². The zero-order valence-corrected chi connectivity index (χ0v) is 19.6. The first-order valence-corrected chi connectivity index (χ1v) is 11.1. The van der Waals surface area contributed by atoms with E-state index in [0.717, 1.165) is 11.9 Å². The van der Waals surface area contributed by atoms with Gasteiger partial charge in [0.25, 0.3) is 11.8 Å². The van der Waals surface area contributed by atoms with Gasteiger partial charge >= 0.3 is 0 Å². The van der Waals surface area contributed by atoms with Crippen LogP contribution in [0, 0.1) is 5.92 Å². The van der Waals surface area contributed by atoms with Crippen LogP contribution < -0.4 is 10.1 Å². The lowest BCUT2D eigenvalue weighted by Gasteiger charge is -2.09. The Morgan fingerprint density at radius 2 is 1.97 bits per heavy atom. The second kappa shape index (κ2) is 11.0. The number of aromatic nitrogens is 1. The number of benzene rings is 2. The number of ether oxygens (including phenoxy) is 1. The number of methoxy groups -OCH3 is 1. The average molecular weight is 471 g/mol. The third kappa shape index (κ3) is 5.90. The normalized spacial score (nSPS) is 11.4. The Morgan fingerprint density at radius 3 is 2.67 bits per heavy atom. The predicted molar refractivity (Wildman–Crippen MR) is 128 cm³/mol. The first-order chi connectivity index (χ1) is 15.8. The summed E-state index contributed by atoms with van der Waals surface area (Å²) in [5.41, 5.74) is 1.32. The Balaban J connectivity index is 1.72. The molecule has 0 unspecified atom stereocenters. The molecular formula is C24H27ClN4O4. The second-order valence-electron chi connectivity index (χ2n) is 7.97. The fourth-order valence-electron chi connectivity index (χ4n) is 3.32. The summed E-state index contributed by atoms with van der Waals surface area (Å²) >= 11 is 6.01. The van der Waals surface area contributed by atoms with Crippen LogP contribution in [-0.2, 0) is 11.3 Å². The molecule has 1 aromatic heterocycles. The summed E-state index contributed by atoms with van der Waals surface area (Å²) in [6, 6.07) is 12.1. The van der Waals surface area contributed by atoms with Crippen molar-refractivity contribution in [3.8, 4) is 11.6 Å².